The van der Waals surface area contributed by atoms with Gasteiger partial charge in [0.15, 0.2) is 0 Å². The minimum Gasteiger partial charge on any atom is -0.388 e. The van der Waals surface area contributed by atoms with Gasteiger partial charge >= 0.3 is 0 Å². The van der Waals surface area contributed by atoms with Crippen molar-refractivity contribution in [3.05, 3.63) is 144 Å². The van der Waals surface area contributed by atoms with Crippen molar-refractivity contribution in [2.24, 2.45) is 0 Å². The molecular weight excluding hydrogens is 504 g/mol. The lowest BCUT2D eigenvalue weighted by Gasteiger charge is -2.32. The summed E-state index contributed by atoms with van der Waals surface area (Å²) in [5, 5.41) is 22.7. The zero-order valence-corrected chi connectivity index (χ0v) is 22.6. The van der Waals surface area contributed by atoms with E-state index in [2.05, 4.69) is 0 Å². The number of benzene rings is 4. The van der Waals surface area contributed by atoms with Crippen LogP contribution in [0.15, 0.2) is 121 Å². The summed E-state index contributed by atoms with van der Waals surface area (Å²) in [7, 11) is 0. The molecule has 0 amide bonds. The summed E-state index contributed by atoms with van der Waals surface area (Å²) in [6, 6.07) is 39.0. The zero-order valence-electron chi connectivity index (χ0n) is 22.6. The second-order valence-electron chi connectivity index (χ2n) is 9.65. The van der Waals surface area contributed by atoms with Crippen molar-refractivity contribution < 1.29 is 29.2 Å². The van der Waals surface area contributed by atoms with E-state index in [1.807, 2.05) is 121 Å². The van der Waals surface area contributed by atoms with Crippen LogP contribution in [-0.4, -0.2) is 47.8 Å². The molecule has 0 aliphatic heterocycles. The molecule has 0 heterocycles. The van der Waals surface area contributed by atoms with Crippen LogP contribution in [0.1, 0.15) is 22.3 Å². The minimum atomic E-state index is -1.28. The Hall–Kier alpha value is -3.36. The molecule has 210 valence electrons. The molecule has 40 heavy (non-hydrogen) atoms. The highest BCUT2D eigenvalue weighted by atomic mass is 16.6. The van der Waals surface area contributed by atoms with Gasteiger partial charge in [-0.25, -0.2) is 0 Å². The molecule has 0 fully saturated rings. The summed E-state index contributed by atoms with van der Waals surface area (Å²) < 4.78 is 24.1. The van der Waals surface area contributed by atoms with Crippen molar-refractivity contribution >= 4 is 0 Å². The van der Waals surface area contributed by atoms with Crippen molar-refractivity contribution in [3.8, 4) is 0 Å². The summed E-state index contributed by atoms with van der Waals surface area (Å²) in [6.07, 6.45) is -4.15. The van der Waals surface area contributed by atoms with Crippen LogP contribution in [0, 0.1) is 0 Å². The first kappa shape index (κ1) is 29.6. The molecule has 4 rings (SSSR count). The summed E-state index contributed by atoms with van der Waals surface area (Å²) >= 11 is 0. The van der Waals surface area contributed by atoms with Crippen LogP contribution >= 0.6 is 0 Å². The quantitative estimate of drug-likeness (QED) is 0.188. The third kappa shape index (κ3) is 9.99. The van der Waals surface area contributed by atoms with Crippen LogP contribution in [0.25, 0.3) is 0 Å². The first-order valence-corrected chi connectivity index (χ1v) is 13.6. The average Bonchev–Trinajstić information content (AvgIpc) is 3.02. The van der Waals surface area contributed by atoms with Gasteiger partial charge in [-0.2, -0.15) is 0 Å². The maximum Gasteiger partial charge on any atom is 0.111 e. The highest BCUT2D eigenvalue weighted by Gasteiger charge is 2.34. The van der Waals surface area contributed by atoms with E-state index in [-0.39, 0.29) is 26.4 Å². The summed E-state index contributed by atoms with van der Waals surface area (Å²) in [4.78, 5) is 0. The Bertz CT molecular complexity index is 1090. The molecule has 4 aromatic rings. The van der Waals surface area contributed by atoms with E-state index in [4.69, 9.17) is 18.9 Å². The van der Waals surface area contributed by atoms with Gasteiger partial charge in [-0.05, 0) is 22.3 Å². The van der Waals surface area contributed by atoms with Gasteiger partial charge in [-0.15, -0.1) is 0 Å². The average molecular weight is 543 g/mol. The molecule has 0 aromatic heterocycles. The smallest absolute Gasteiger partial charge is 0.111 e. The van der Waals surface area contributed by atoms with E-state index in [1.54, 1.807) is 0 Å². The molecule has 6 nitrogen and oxygen atoms in total. The second-order valence-corrected chi connectivity index (χ2v) is 9.65. The number of rotatable bonds is 17. The third-order valence-corrected chi connectivity index (χ3v) is 6.51. The van der Waals surface area contributed by atoms with Crippen molar-refractivity contribution in [1.29, 1.82) is 0 Å². The Morgan fingerprint density at radius 2 is 0.675 bits per heavy atom. The van der Waals surface area contributed by atoms with Gasteiger partial charge in [0.05, 0.1) is 39.6 Å². The SMILES string of the molecule is O[C@H]([C@@H](O)[C@@H](COCc1ccccc1)OCc1ccccc1)[C@@H](COCc1ccccc1)OCc1ccccc1. The lowest BCUT2D eigenvalue weighted by molar-refractivity contribution is -0.170. The van der Waals surface area contributed by atoms with E-state index in [9.17, 15) is 10.2 Å². The van der Waals surface area contributed by atoms with Crippen molar-refractivity contribution in [1.82, 2.24) is 0 Å². The van der Waals surface area contributed by atoms with Gasteiger partial charge in [0.25, 0.3) is 0 Å². The van der Waals surface area contributed by atoms with E-state index < -0.39 is 24.4 Å². The van der Waals surface area contributed by atoms with Gasteiger partial charge in [-0.1, -0.05) is 121 Å². The standard InChI is InChI=1S/C34H38O6/c35-33(31(39-23-29-17-9-3-10-18-29)25-37-21-27-13-5-1-6-14-27)34(36)32(40-24-30-19-11-4-12-20-30)26-38-22-28-15-7-2-8-16-28/h1-20,31-36H,21-26H2/t31-,32-,33+,34+/m1/s1. The normalized spacial score (nSPS) is 14.3. The molecule has 0 saturated heterocycles. The lowest BCUT2D eigenvalue weighted by atomic mass is 10.0. The Labute approximate surface area is 236 Å². The number of aliphatic hydroxyl groups is 2. The highest BCUT2D eigenvalue weighted by molar-refractivity contribution is 5.15. The predicted molar refractivity (Wildman–Crippen MR) is 154 cm³/mol. The fourth-order valence-electron chi connectivity index (χ4n) is 4.22. The van der Waals surface area contributed by atoms with E-state index in [0.717, 1.165) is 22.3 Å². The summed E-state index contributed by atoms with van der Waals surface area (Å²) in [5.74, 6) is 0. The van der Waals surface area contributed by atoms with Crippen LogP contribution in [-0.2, 0) is 45.4 Å². The third-order valence-electron chi connectivity index (χ3n) is 6.51. The maximum atomic E-state index is 11.3. The van der Waals surface area contributed by atoms with Gasteiger partial charge in [0.2, 0.25) is 0 Å². The molecule has 0 radical (unpaired) electrons. The molecule has 6 heteroatoms. The molecular formula is C34H38O6. The molecule has 4 aromatic carbocycles. The molecule has 0 bridgehead atoms. The summed E-state index contributed by atoms with van der Waals surface area (Å²) in [5.41, 5.74) is 3.94. The van der Waals surface area contributed by atoms with E-state index in [0.29, 0.717) is 13.2 Å². The van der Waals surface area contributed by atoms with Crippen molar-refractivity contribution in [2.45, 2.75) is 50.8 Å². The van der Waals surface area contributed by atoms with E-state index in [1.165, 1.54) is 0 Å². The summed E-state index contributed by atoms with van der Waals surface area (Å²) in [6.45, 7) is 1.45. The Balaban J connectivity index is 1.42. The predicted octanol–water partition coefficient (Wildman–Crippen LogP) is 5.31. The first-order valence-electron chi connectivity index (χ1n) is 13.6. The Morgan fingerprint density at radius 1 is 0.400 bits per heavy atom. The van der Waals surface area contributed by atoms with Gasteiger partial charge < -0.3 is 29.2 Å². The number of hydrogen-bond acceptors (Lipinski definition) is 6. The molecule has 0 unspecified atom stereocenters. The number of aliphatic hydroxyl groups excluding tert-OH is 2. The Kier molecular flexibility index (Phi) is 12.3. The fourth-order valence-corrected chi connectivity index (χ4v) is 4.22. The zero-order chi connectivity index (χ0) is 27.8. The molecule has 0 spiro atoms. The fraction of sp³-hybridized carbons (Fsp3) is 0.294. The van der Waals surface area contributed by atoms with Gasteiger partial charge in [0, 0.05) is 0 Å². The molecule has 0 aliphatic rings. The van der Waals surface area contributed by atoms with Crippen LogP contribution < -0.4 is 0 Å². The monoisotopic (exact) mass is 542 g/mol. The number of hydrogen-bond donors (Lipinski definition) is 2. The largest absolute Gasteiger partial charge is 0.388 e. The van der Waals surface area contributed by atoms with Crippen LogP contribution in [0.4, 0.5) is 0 Å². The Morgan fingerprint density at radius 3 is 0.975 bits per heavy atom. The maximum absolute atomic E-state index is 11.3. The van der Waals surface area contributed by atoms with Gasteiger partial charge in [-0.3, -0.25) is 0 Å². The second kappa shape index (κ2) is 16.7. The molecule has 0 aliphatic carbocycles. The van der Waals surface area contributed by atoms with Crippen molar-refractivity contribution in [3.63, 3.8) is 0 Å². The van der Waals surface area contributed by atoms with Crippen LogP contribution in [0.2, 0.25) is 0 Å². The molecule has 0 saturated carbocycles. The van der Waals surface area contributed by atoms with Crippen LogP contribution in [0.3, 0.4) is 0 Å². The first-order chi connectivity index (χ1) is 19.7. The lowest BCUT2D eigenvalue weighted by Crippen LogP contribution is -2.49. The highest BCUT2D eigenvalue weighted by Crippen LogP contribution is 2.17. The van der Waals surface area contributed by atoms with Gasteiger partial charge in [0.1, 0.15) is 24.4 Å². The molecule has 2 N–H and O–H groups in total. The molecule has 4 atom stereocenters. The van der Waals surface area contributed by atoms with Crippen LogP contribution in [0.5, 0.6) is 0 Å². The van der Waals surface area contributed by atoms with Crippen molar-refractivity contribution in [2.75, 3.05) is 13.2 Å². The van der Waals surface area contributed by atoms with E-state index >= 15 is 0 Å². The number of ether oxygens (including phenoxy) is 4. The topological polar surface area (TPSA) is 77.4 Å². The minimum absolute atomic E-state index is 0.0935.